The Labute approximate surface area is 95.8 Å². The molecule has 2 heterocycles. The predicted molar refractivity (Wildman–Crippen MR) is 63.0 cm³/mol. The summed E-state index contributed by atoms with van der Waals surface area (Å²) in [5, 5.41) is 0. The van der Waals surface area contributed by atoms with Gasteiger partial charge in [-0.3, -0.25) is 9.69 Å². The van der Waals surface area contributed by atoms with Gasteiger partial charge in [-0.1, -0.05) is 6.92 Å². The highest BCUT2D eigenvalue weighted by Gasteiger charge is 2.24. The van der Waals surface area contributed by atoms with Gasteiger partial charge in [0.05, 0.1) is 0 Å². The Hall–Kier alpha value is -1.29. The summed E-state index contributed by atoms with van der Waals surface area (Å²) in [6.07, 6.45) is 1.88. The minimum Gasteiger partial charge on any atom is -0.438 e. The summed E-state index contributed by atoms with van der Waals surface area (Å²) < 4.78 is 5.44. The quantitative estimate of drug-likeness (QED) is 0.728. The number of rotatable bonds is 3. The Morgan fingerprint density at radius 3 is 2.94 bits per heavy atom. The molecule has 0 spiro atoms. The molecule has 0 N–H and O–H groups in total. The molecule has 88 valence electrons. The summed E-state index contributed by atoms with van der Waals surface area (Å²) >= 11 is 0. The van der Waals surface area contributed by atoms with E-state index in [2.05, 4.69) is 23.8 Å². The smallest absolute Gasteiger partial charge is 0.196 e. The van der Waals surface area contributed by atoms with Crippen LogP contribution in [0.2, 0.25) is 0 Å². The monoisotopic (exact) mass is 222 g/mol. The average Bonchev–Trinajstić information content (AvgIpc) is 2.78. The lowest BCUT2D eigenvalue weighted by Crippen LogP contribution is -2.51. The number of likely N-dealkylation sites (N-methyl/N-ethyl adjacent to an activating group) is 1. The zero-order chi connectivity index (χ0) is 11.5. The molecule has 16 heavy (non-hydrogen) atoms. The zero-order valence-corrected chi connectivity index (χ0v) is 9.85. The van der Waals surface area contributed by atoms with Crippen molar-refractivity contribution in [2.24, 2.45) is 0 Å². The fraction of sp³-hybridized carbons (Fsp3) is 0.583. The van der Waals surface area contributed by atoms with Crippen LogP contribution in [-0.4, -0.2) is 43.9 Å². The summed E-state index contributed by atoms with van der Waals surface area (Å²) in [4.78, 5) is 15.1. The van der Waals surface area contributed by atoms with E-state index in [9.17, 15) is 4.79 Å². The molecule has 0 bridgehead atoms. The van der Waals surface area contributed by atoms with Crippen molar-refractivity contribution in [3.05, 3.63) is 17.9 Å². The molecule has 0 saturated carbocycles. The lowest BCUT2D eigenvalue weighted by molar-refractivity contribution is 0.110. The second kappa shape index (κ2) is 4.70. The Morgan fingerprint density at radius 1 is 1.50 bits per heavy atom. The van der Waals surface area contributed by atoms with Gasteiger partial charge in [0.25, 0.3) is 0 Å². The number of carbonyl (C=O) groups is 1. The van der Waals surface area contributed by atoms with Crippen LogP contribution in [0.1, 0.15) is 23.9 Å². The van der Waals surface area contributed by atoms with Crippen LogP contribution in [0, 0.1) is 0 Å². The van der Waals surface area contributed by atoms with Crippen molar-refractivity contribution < 1.29 is 9.21 Å². The summed E-state index contributed by atoms with van der Waals surface area (Å²) in [5.74, 6) is 1.22. The number of carbonyl (C=O) groups excluding carboxylic acids is 1. The predicted octanol–water partition coefficient (Wildman–Crippen LogP) is 1.62. The van der Waals surface area contributed by atoms with Crippen LogP contribution in [0.5, 0.6) is 0 Å². The van der Waals surface area contributed by atoms with E-state index in [-0.39, 0.29) is 0 Å². The van der Waals surface area contributed by atoms with Gasteiger partial charge in [0.1, 0.15) is 0 Å². The minimum absolute atomic E-state index is 0.405. The highest BCUT2D eigenvalue weighted by atomic mass is 16.4. The van der Waals surface area contributed by atoms with Crippen molar-refractivity contribution in [1.82, 2.24) is 4.90 Å². The largest absolute Gasteiger partial charge is 0.438 e. The topological polar surface area (TPSA) is 36.7 Å². The van der Waals surface area contributed by atoms with Gasteiger partial charge in [-0.25, -0.2) is 0 Å². The molecule has 1 aliphatic heterocycles. The van der Waals surface area contributed by atoms with E-state index in [1.54, 1.807) is 6.07 Å². The van der Waals surface area contributed by atoms with E-state index >= 15 is 0 Å². The summed E-state index contributed by atoms with van der Waals surface area (Å²) in [7, 11) is 2.16. The van der Waals surface area contributed by atoms with Crippen molar-refractivity contribution in [2.75, 3.05) is 31.6 Å². The van der Waals surface area contributed by atoms with Gasteiger partial charge in [-0.05, 0) is 19.5 Å². The van der Waals surface area contributed by atoms with Crippen LogP contribution < -0.4 is 4.90 Å². The molecule has 0 aliphatic carbocycles. The Kier molecular flexibility index (Phi) is 3.29. The Morgan fingerprint density at radius 2 is 2.31 bits per heavy atom. The fourth-order valence-corrected chi connectivity index (χ4v) is 2.16. The Bertz CT molecular complexity index is 362. The van der Waals surface area contributed by atoms with Gasteiger partial charge >= 0.3 is 0 Å². The third-order valence-electron chi connectivity index (χ3n) is 3.29. The minimum atomic E-state index is 0.405. The fourth-order valence-electron chi connectivity index (χ4n) is 2.16. The molecule has 4 nitrogen and oxygen atoms in total. The molecule has 0 aromatic carbocycles. The van der Waals surface area contributed by atoms with E-state index in [0.29, 0.717) is 11.8 Å². The maximum absolute atomic E-state index is 10.6. The molecule has 0 radical (unpaired) electrons. The van der Waals surface area contributed by atoms with Crippen LogP contribution in [0.25, 0.3) is 0 Å². The highest BCUT2D eigenvalue weighted by molar-refractivity contribution is 5.71. The molecule has 1 atom stereocenters. The molecule has 1 unspecified atom stereocenters. The molecular formula is C12H18N2O2. The van der Waals surface area contributed by atoms with Crippen LogP contribution in [0.15, 0.2) is 16.5 Å². The van der Waals surface area contributed by atoms with E-state index in [1.807, 2.05) is 6.07 Å². The SMILES string of the molecule is CCC1CN(c2ccc(C=O)o2)CCN1C. The molecule has 1 aromatic rings. The molecule has 4 heteroatoms. The first kappa shape index (κ1) is 11.2. The molecular weight excluding hydrogens is 204 g/mol. The third-order valence-corrected chi connectivity index (χ3v) is 3.29. The molecule has 2 rings (SSSR count). The number of aldehydes is 1. The molecule has 1 aromatic heterocycles. The van der Waals surface area contributed by atoms with Gasteiger partial charge < -0.3 is 9.32 Å². The van der Waals surface area contributed by atoms with E-state index in [0.717, 1.165) is 38.2 Å². The summed E-state index contributed by atoms with van der Waals surface area (Å²) in [6.45, 7) is 5.16. The van der Waals surface area contributed by atoms with Gasteiger partial charge in [0, 0.05) is 31.7 Å². The van der Waals surface area contributed by atoms with Gasteiger partial charge in [0.15, 0.2) is 17.9 Å². The van der Waals surface area contributed by atoms with Crippen molar-refractivity contribution in [3.63, 3.8) is 0 Å². The van der Waals surface area contributed by atoms with Crippen molar-refractivity contribution in [2.45, 2.75) is 19.4 Å². The Balaban J connectivity index is 2.07. The lowest BCUT2D eigenvalue weighted by Gasteiger charge is -2.38. The van der Waals surface area contributed by atoms with Crippen molar-refractivity contribution in [3.8, 4) is 0 Å². The molecule has 1 aliphatic rings. The van der Waals surface area contributed by atoms with E-state index in [1.165, 1.54) is 0 Å². The lowest BCUT2D eigenvalue weighted by atomic mass is 10.1. The first-order valence-corrected chi connectivity index (χ1v) is 5.74. The second-order valence-corrected chi connectivity index (χ2v) is 4.28. The zero-order valence-electron chi connectivity index (χ0n) is 9.85. The first-order chi connectivity index (χ1) is 7.74. The van der Waals surface area contributed by atoms with Crippen LogP contribution in [0.3, 0.4) is 0 Å². The van der Waals surface area contributed by atoms with Gasteiger partial charge in [-0.15, -0.1) is 0 Å². The summed E-state index contributed by atoms with van der Waals surface area (Å²) in [5.41, 5.74) is 0. The second-order valence-electron chi connectivity index (χ2n) is 4.28. The van der Waals surface area contributed by atoms with E-state index in [4.69, 9.17) is 4.42 Å². The normalized spacial score (nSPS) is 22.4. The van der Waals surface area contributed by atoms with Crippen molar-refractivity contribution >= 4 is 12.2 Å². The number of furan rings is 1. The number of piperazine rings is 1. The van der Waals surface area contributed by atoms with Crippen LogP contribution >= 0.6 is 0 Å². The molecule has 0 amide bonds. The van der Waals surface area contributed by atoms with Crippen LogP contribution in [-0.2, 0) is 0 Å². The maximum atomic E-state index is 10.6. The number of anilines is 1. The third kappa shape index (κ3) is 2.11. The first-order valence-electron chi connectivity index (χ1n) is 5.74. The standard InChI is InChI=1S/C12H18N2O2/c1-3-10-8-14(7-6-13(10)2)12-5-4-11(9-15)16-12/h4-5,9-10H,3,6-8H2,1-2H3. The molecule has 1 saturated heterocycles. The number of hydrogen-bond acceptors (Lipinski definition) is 4. The van der Waals surface area contributed by atoms with E-state index < -0.39 is 0 Å². The van der Waals surface area contributed by atoms with Gasteiger partial charge in [-0.2, -0.15) is 0 Å². The summed E-state index contributed by atoms with van der Waals surface area (Å²) in [6, 6.07) is 4.17. The number of hydrogen-bond donors (Lipinski definition) is 0. The molecule has 1 fully saturated rings. The highest BCUT2D eigenvalue weighted by Crippen LogP contribution is 2.21. The number of nitrogens with zero attached hydrogens (tertiary/aromatic N) is 2. The maximum Gasteiger partial charge on any atom is 0.196 e. The van der Waals surface area contributed by atoms with Crippen molar-refractivity contribution in [1.29, 1.82) is 0 Å². The average molecular weight is 222 g/mol. The van der Waals surface area contributed by atoms with Gasteiger partial charge in [0.2, 0.25) is 0 Å². The van der Waals surface area contributed by atoms with Crippen LogP contribution in [0.4, 0.5) is 5.88 Å².